The lowest BCUT2D eigenvalue weighted by Crippen LogP contribution is -2.31. The summed E-state index contributed by atoms with van der Waals surface area (Å²) in [6, 6.07) is 6.30. The predicted octanol–water partition coefficient (Wildman–Crippen LogP) is 2.16. The fourth-order valence-electron chi connectivity index (χ4n) is 2.11. The third kappa shape index (κ3) is 3.98. The Kier molecular flexibility index (Phi) is 4.81. The summed E-state index contributed by atoms with van der Waals surface area (Å²) in [5.41, 5.74) is 0.174. The summed E-state index contributed by atoms with van der Waals surface area (Å²) < 4.78 is 10.7. The van der Waals surface area contributed by atoms with Crippen molar-refractivity contribution >= 4 is 12.1 Å². The topological polar surface area (TPSA) is 76.1 Å². The molecule has 0 radical (unpaired) electrons. The number of carbonyl (C=O) groups excluding carboxylic acids is 1. The van der Waals surface area contributed by atoms with E-state index in [2.05, 4.69) is 6.58 Å². The van der Waals surface area contributed by atoms with Crippen LogP contribution >= 0.6 is 0 Å². The van der Waals surface area contributed by atoms with Crippen LogP contribution in [0.4, 0.5) is 4.79 Å². The first-order chi connectivity index (χ1) is 10.1. The van der Waals surface area contributed by atoms with E-state index < -0.39 is 5.97 Å². The second kappa shape index (κ2) is 6.78. The van der Waals surface area contributed by atoms with Crippen LogP contribution in [-0.4, -0.2) is 47.9 Å². The third-order valence-corrected chi connectivity index (χ3v) is 3.11. The smallest absolute Gasteiger partial charge is 0.410 e. The van der Waals surface area contributed by atoms with Crippen molar-refractivity contribution in [3.63, 3.8) is 0 Å². The van der Waals surface area contributed by atoms with E-state index >= 15 is 0 Å². The van der Waals surface area contributed by atoms with Crippen LogP contribution in [-0.2, 0) is 4.74 Å². The lowest BCUT2D eigenvalue weighted by atomic mass is 10.2. The van der Waals surface area contributed by atoms with E-state index in [9.17, 15) is 9.59 Å². The molecule has 6 nitrogen and oxygen atoms in total. The zero-order valence-electron chi connectivity index (χ0n) is 11.5. The van der Waals surface area contributed by atoms with Crippen LogP contribution in [0.15, 0.2) is 36.9 Å². The maximum absolute atomic E-state index is 11.7. The zero-order valence-corrected chi connectivity index (χ0v) is 11.5. The molecule has 1 heterocycles. The molecule has 0 bridgehead atoms. The number of hydrogen-bond acceptors (Lipinski definition) is 4. The van der Waals surface area contributed by atoms with Crippen molar-refractivity contribution in [3.05, 3.63) is 42.5 Å². The number of aromatic carboxylic acids is 1. The molecule has 6 heteroatoms. The minimum Gasteiger partial charge on any atom is -0.488 e. The lowest BCUT2D eigenvalue weighted by molar-refractivity contribution is 0.0696. The Hall–Kier alpha value is -2.50. The van der Waals surface area contributed by atoms with Crippen molar-refractivity contribution in [1.82, 2.24) is 4.90 Å². The highest BCUT2D eigenvalue weighted by molar-refractivity contribution is 5.88. The number of likely N-dealkylation sites (tertiary alicyclic amines) is 1. The van der Waals surface area contributed by atoms with Crippen molar-refractivity contribution in [1.29, 1.82) is 0 Å². The van der Waals surface area contributed by atoms with Gasteiger partial charge in [0.05, 0.1) is 12.1 Å². The molecule has 1 saturated heterocycles. The molecule has 1 fully saturated rings. The molecule has 1 aromatic carbocycles. The second-order valence-electron chi connectivity index (χ2n) is 4.67. The van der Waals surface area contributed by atoms with Crippen molar-refractivity contribution < 1.29 is 24.2 Å². The van der Waals surface area contributed by atoms with Gasteiger partial charge in [0.25, 0.3) is 0 Å². The molecule has 2 rings (SSSR count). The molecule has 0 spiro atoms. The van der Waals surface area contributed by atoms with Crippen LogP contribution in [0.1, 0.15) is 16.8 Å². The van der Waals surface area contributed by atoms with Gasteiger partial charge in [0, 0.05) is 13.0 Å². The summed E-state index contributed by atoms with van der Waals surface area (Å²) in [7, 11) is 0. The van der Waals surface area contributed by atoms with Crippen molar-refractivity contribution in [2.24, 2.45) is 0 Å². The molecule has 21 heavy (non-hydrogen) atoms. The van der Waals surface area contributed by atoms with Crippen LogP contribution in [0.2, 0.25) is 0 Å². The molecule has 1 aliphatic heterocycles. The first-order valence-corrected chi connectivity index (χ1v) is 6.62. The van der Waals surface area contributed by atoms with Crippen molar-refractivity contribution in [2.75, 3.05) is 19.7 Å². The molecule has 0 aromatic heterocycles. The molecule has 1 unspecified atom stereocenters. The fraction of sp³-hybridized carbons (Fsp3) is 0.333. The third-order valence-electron chi connectivity index (χ3n) is 3.11. The number of hydrogen-bond donors (Lipinski definition) is 1. The van der Waals surface area contributed by atoms with Crippen LogP contribution < -0.4 is 4.74 Å². The number of rotatable bonds is 5. The van der Waals surface area contributed by atoms with E-state index in [1.54, 1.807) is 17.0 Å². The highest BCUT2D eigenvalue weighted by Gasteiger charge is 2.28. The van der Waals surface area contributed by atoms with Gasteiger partial charge in [0.15, 0.2) is 0 Å². The number of ether oxygens (including phenoxy) is 2. The van der Waals surface area contributed by atoms with E-state index in [1.807, 2.05) is 0 Å². The van der Waals surface area contributed by atoms with Crippen LogP contribution in [0.5, 0.6) is 5.75 Å². The summed E-state index contributed by atoms with van der Waals surface area (Å²) in [5.74, 6) is -0.511. The summed E-state index contributed by atoms with van der Waals surface area (Å²) in [6.07, 6.45) is 1.64. The number of benzene rings is 1. The van der Waals surface area contributed by atoms with Gasteiger partial charge in [-0.1, -0.05) is 18.7 Å². The normalized spacial score (nSPS) is 17.3. The molecule has 0 aliphatic carbocycles. The maximum atomic E-state index is 11.7. The van der Waals surface area contributed by atoms with Crippen molar-refractivity contribution in [3.8, 4) is 5.75 Å². The molecule has 1 amide bonds. The summed E-state index contributed by atoms with van der Waals surface area (Å²) in [6.45, 7) is 4.64. The Morgan fingerprint density at radius 3 is 3.00 bits per heavy atom. The quantitative estimate of drug-likeness (QED) is 0.841. The van der Waals surface area contributed by atoms with Gasteiger partial charge in [0.2, 0.25) is 0 Å². The van der Waals surface area contributed by atoms with E-state index in [0.29, 0.717) is 25.3 Å². The number of nitrogens with zero attached hydrogens (tertiary/aromatic N) is 1. The molecule has 112 valence electrons. The zero-order chi connectivity index (χ0) is 15.2. The van der Waals surface area contributed by atoms with E-state index in [-0.39, 0.29) is 24.4 Å². The molecular formula is C15H17NO5. The first-order valence-electron chi connectivity index (χ1n) is 6.62. The van der Waals surface area contributed by atoms with E-state index in [0.717, 1.165) is 0 Å². The Morgan fingerprint density at radius 2 is 2.29 bits per heavy atom. The highest BCUT2D eigenvalue weighted by Crippen LogP contribution is 2.20. The standard InChI is InChI=1S/C15H17NO5/c1-2-8-20-15(19)16-7-6-13(10-16)21-12-5-3-4-11(9-12)14(17)18/h2-5,9,13H,1,6-8,10H2,(H,17,18). The Balaban J connectivity index is 1.90. The van der Waals surface area contributed by atoms with Gasteiger partial charge in [-0.2, -0.15) is 0 Å². The Morgan fingerprint density at radius 1 is 1.48 bits per heavy atom. The van der Waals surface area contributed by atoms with Crippen LogP contribution in [0.25, 0.3) is 0 Å². The molecule has 1 aromatic rings. The predicted molar refractivity (Wildman–Crippen MR) is 75.6 cm³/mol. The van der Waals surface area contributed by atoms with Gasteiger partial charge in [-0.25, -0.2) is 9.59 Å². The van der Waals surface area contributed by atoms with Crippen molar-refractivity contribution in [2.45, 2.75) is 12.5 Å². The summed E-state index contributed by atoms with van der Waals surface area (Å²) in [4.78, 5) is 24.1. The van der Waals surface area contributed by atoms with Gasteiger partial charge in [-0.15, -0.1) is 0 Å². The minimum atomic E-state index is -0.999. The van der Waals surface area contributed by atoms with Gasteiger partial charge in [-0.3, -0.25) is 0 Å². The molecule has 1 atom stereocenters. The highest BCUT2D eigenvalue weighted by atomic mass is 16.6. The van der Waals surface area contributed by atoms with Gasteiger partial charge in [0.1, 0.15) is 18.5 Å². The van der Waals surface area contributed by atoms with E-state index in [4.69, 9.17) is 14.6 Å². The van der Waals surface area contributed by atoms with E-state index in [1.165, 1.54) is 18.2 Å². The van der Waals surface area contributed by atoms with Gasteiger partial charge >= 0.3 is 12.1 Å². The Labute approximate surface area is 122 Å². The maximum Gasteiger partial charge on any atom is 0.410 e. The number of carbonyl (C=O) groups is 2. The Bertz CT molecular complexity index is 543. The average Bonchev–Trinajstić information content (AvgIpc) is 2.93. The number of carboxylic acids is 1. The van der Waals surface area contributed by atoms with Crippen LogP contribution in [0, 0.1) is 0 Å². The first kappa shape index (κ1) is 14.9. The largest absolute Gasteiger partial charge is 0.488 e. The molecule has 1 aliphatic rings. The monoisotopic (exact) mass is 291 g/mol. The summed E-state index contributed by atoms with van der Waals surface area (Å²) >= 11 is 0. The van der Waals surface area contributed by atoms with Gasteiger partial charge in [-0.05, 0) is 18.2 Å². The number of carboxylic acid groups (broad SMARTS) is 1. The molecule has 0 saturated carbocycles. The van der Waals surface area contributed by atoms with Crippen LogP contribution in [0.3, 0.4) is 0 Å². The molecule has 1 N–H and O–H groups in total. The summed E-state index contributed by atoms with van der Waals surface area (Å²) in [5, 5.41) is 8.93. The van der Waals surface area contributed by atoms with Gasteiger partial charge < -0.3 is 19.5 Å². The SMILES string of the molecule is C=CCOC(=O)N1CCC(Oc2cccc(C(=O)O)c2)C1. The lowest BCUT2D eigenvalue weighted by Gasteiger charge is -2.16. The second-order valence-corrected chi connectivity index (χ2v) is 4.67. The number of amides is 1. The molecular weight excluding hydrogens is 274 g/mol. The minimum absolute atomic E-state index is 0.162. The average molecular weight is 291 g/mol. The fourth-order valence-corrected chi connectivity index (χ4v) is 2.11.